The highest BCUT2D eigenvalue weighted by Crippen LogP contribution is 2.09. The summed E-state index contributed by atoms with van der Waals surface area (Å²) in [6.45, 7) is 5.64. The highest BCUT2D eigenvalue weighted by Gasteiger charge is 2.33. The lowest BCUT2D eigenvalue weighted by Gasteiger charge is -2.28. The first-order chi connectivity index (χ1) is 22.2. The predicted octanol–water partition coefficient (Wildman–Crippen LogP) is -2.41. The first kappa shape index (κ1) is 40.7. The number of primary amides is 1. The van der Waals surface area contributed by atoms with E-state index in [9.17, 15) is 29.1 Å². The Morgan fingerprint density at radius 2 is 1.32 bits per heavy atom. The fourth-order valence-electron chi connectivity index (χ4n) is 4.69. The predicted molar refractivity (Wildman–Crippen MR) is 179 cm³/mol. The summed E-state index contributed by atoms with van der Waals surface area (Å²) in [5.41, 5.74) is 28.7. The summed E-state index contributed by atoms with van der Waals surface area (Å²) in [7, 11) is 0. The van der Waals surface area contributed by atoms with E-state index in [-0.39, 0.29) is 44.1 Å². The largest absolute Gasteiger partial charge is 0.391 e. The molecule has 0 saturated heterocycles. The molecule has 0 heterocycles. The van der Waals surface area contributed by atoms with Gasteiger partial charge >= 0.3 is 0 Å². The molecule has 5 amide bonds. The van der Waals surface area contributed by atoms with Crippen molar-refractivity contribution in [2.24, 2.45) is 39.6 Å². The van der Waals surface area contributed by atoms with E-state index in [2.05, 4.69) is 26.3 Å². The monoisotopic (exact) mass is 662 g/mol. The third-order valence-corrected chi connectivity index (χ3v) is 7.23. The van der Waals surface area contributed by atoms with Gasteiger partial charge in [-0.15, -0.1) is 0 Å². The molecule has 0 aliphatic heterocycles. The minimum atomic E-state index is -1.51. The van der Waals surface area contributed by atoms with E-state index in [0.29, 0.717) is 25.8 Å². The van der Waals surface area contributed by atoms with Crippen molar-refractivity contribution in [1.29, 1.82) is 0 Å². The number of benzene rings is 1. The van der Waals surface area contributed by atoms with Crippen LogP contribution < -0.4 is 49.9 Å². The molecule has 16 nitrogen and oxygen atoms in total. The van der Waals surface area contributed by atoms with Crippen LogP contribution in [0.1, 0.15) is 64.9 Å². The Labute approximate surface area is 276 Å². The average molecular weight is 663 g/mol. The zero-order valence-electron chi connectivity index (χ0n) is 27.6. The second-order valence-electron chi connectivity index (χ2n) is 12.0. The molecule has 264 valence electrons. The van der Waals surface area contributed by atoms with E-state index in [1.54, 1.807) is 30.3 Å². The van der Waals surface area contributed by atoms with Crippen molar-refractivity contribution < 1.29 is 29.1 Å². The van der Waals surface area contributed by atoms with Crippen LogP contribution in [0.5, 0.6) is 0 Å². The van der Waals surface area contributed by atoms with E-state index in [0.717, 1.165) is 5.56 Å². The van der Waals surface area contributed by atoms with E-state index >= 15 is 0 Å². The lowest BCUT2D eigenvalue weighted by atomic mass is 10.0. The number of hydrogen-bond acceptors (Lipinski definition) is 9. The molecule has 16 heteroatoms. The van der Waals surface area contributed by atoms with Gasteiger partial charge in [0.2, 0.25) is 29.5 Å². The summed E-state index contributed by atoms with van der Waals surface area (Å²) in [4.78, 5) is 69.1. The standard InChI is InChI=1S/C31H54N10O6/c1-18(2)16-21(33)27(44)38-22(12-7-8-14-32)29(46)41-25(19(3)42)30(47)39-23(13-9-15-37-31(35)36)28(45)40-24(26(34)43)17-20-10-5-4-6-11-20/h4-6,10-11,18-19,21-25,42H,7-9,12-17,32-33H2,1-3H3,(H2,34,43)(H,38,44)(H,39,47)(H,40,45)(H,41,46)(H4,35,36,37)/t19-,21+,22+,23+,24+,25+/m1/s1. The number of aliphatic imine (C=N–C) groups is 1. The van der Waals surface area contributed by atoms with Gasteiger partial charge in [-0.05, 0) is 63.5 Å². The molecule has 0 fully saturated rings. The summed E-state index contributed by atoms with van der Waals surface area (Å²) in [6, 6.07) is 3.18. The molecule has 1 aromatic carbocycles. The minimum absolute atomic E-state index is 0.0388. The van der Waals surface area contributed by atoms with Gasteiger partial charge in [-0.1, -0.05) is 44.2 Å². The number of hydrogen-bond donors (Lipinski definition) is 10. The van der Waals surface area contributed by atoms with Gasteiger partial charge in [0, 0.05) is 13.0 Å². The van der Waals surface area contributed by atoms with E-state index in [1.165, 1.54) is 6.92 Å². The topological polar surface area (TPSA) is 296 Å². The van der Waals surface area contributed by atoms with Gasteiger partial charge in [0.25, 0.3) is 0 Å². The van der Waals surface area contributed by atoms with Gasteiger partial charge in [0.15, 0.2) is 5.96 Å². The lowest BCUT2D eigenvalue weighted by molar-refractivity contribution is -0.136. The van der Waals surface area contributed by atoms with E-state index in [1.807, 2.05) is 13.8 Å². The maximum atomic E-state index is 13.5. The molecule has 0 aliphatic carbocycles. The smallest absolute Gasteiger partial charge is 0.245 e. The second-order valence-corrected chi connectivity index (χ2v) is 12.0. The molecule has 6 atom stereocenters. The van der Waals surface area contributed by atoms with Crippen molar-refractivity contribution in [3.63, 3.8) is 0 Å². The fraction of sp³-hybridized carbons (Fsp3) is 0.613. The minimum Gasteiger partial charge on any atom is -0.391 e. The molecule has 0 saturated carbocycles. The van der Waals surface area contributed by atoms with E-state index in [4.69, 9.17) is 28.7 Å². The second kappa shape index (κ2) is 21.5. The van der Waals surface area contributed by atoms with Crippen molar-refractivity contribution in [2.75, 3.05) is 13.1 Å². The zero-order chi connectivity index (χ0) is 35.5. The quantitative estimate of drug-likeness (QED) is 0.0356. The molecule has 47 heavy (non-hydrogen) atoms. The van der Waals surface area contributed by atoms with Crippen LogP contribution in [0.15, 0.2) is 35.3 Å². The molecule has 0 radical (unpaired) electrons. The zero-order valence-corrected chi connectivity index (χ0v) is 27.6. The number of nitrogens with one attached hydrogen (secondary N) is 4. The number of nitrogens with zero attached hydrogens (tertiary/aromatic N) is 1. The molecule has 0 unspecified atom stereocenters. The molecule has 1 aromatic rings. The van der Waals surface area contributed by atoms with Gasteiger partial charge < -0.3 is 55.0 Å². The van der Waals surface area contributed by atoms with Gasteiger partial charge in [-0.3, -0.25) is 29.0 Å². The number of rotatable bonds is 22. The Hall–Kier alpha value is -4.28. The molecule has 0 spiro atoms. The fourth-order valence-corrected chi connectivity index (χ4v) is 4.69. The molecular formula is C31H54N10O6. The summed E-state index contributed by atoms with van der Waals surface area (Å²) >= 11 is 0. The van der Waals surface area contributed by atoms with Crippen molar-refractivity contribution in [2.45, 2.75) is 102 Å². The van der Waals surface area contributed by atoms with Crippen LogP contribution in [0, 0.1) is 5.92 Å². The average Bonchev–Trinajstić information content (AvgIpc) is 2.99. The Kier molecular flexibility index (Phi) is 18.6. The van der Waals surface area contributed by atoms with Crippen LogP contribution in [0.2, 0.25) is 0 Å². The Morgan fingerprint density at radius 3 is 1.85 bits per heavy atom. The SMILES string of the molecule is CC(C)C[C@H](N)C(=O)N[C@@H](CCCCN)C(=O)N[C@H](C(=O)N[C@@H](CCCN=C(N)N)C(=O)N[C@@H](Cc1ccccc1)C(N)=O)[C@@H](C)O. The highest BCUT2D eigenvalue weighted by molar-refractivity contribution is 5.96. The number of amides is 5. The van der Waals surface area contributed by atoms with Crippen LogP contribution in [0.4, 0.5) is 0 Å². The van der Waals surface area contributed by atoms with Gasteiger partial charge in [-0.2, -0.15) is 0 Å². The van der Waals surface area contributed by atoms with Crippen molar-refractivity contribution in [3.8, 4) is 0 Å². The molecule has 0 aromatic heterocycles. The molecule has 0 bridgehead atoms. The summed E-state index contributed by atoms with van der Waals surface area (Å²) in [5.74, 6) is -3.63. The molecular weight excluding hydrogens is 608 g/mol. The van der Waals surface area contributed by atoms with Crippen molar-refractivity contribution in [1.82, 2.24) is 21.3 Å². The molecule has 15 N–H and O–H groups in total. The van der Waals surface area contributed by atoms with Gasteiger partial charge in [-0.25, -0.2) is 0 Å². The van der Waals surface area contributed by atoms with Crippen LogP contribution in [0.3, 0.4) is 0 Å². The van der Waals surface area contributed by atoms with E-state index < -0.39 is 65.8 Å². The number of carbonyl (C=O) groups excluding carboxylic acids is 5. The maximum Gasteiger partial charge on any atom is 0.245 e. The summed E-state index contributed by atoms with van der Waals surface area (Å²) < 4.78 is 0. The first-order valence-electron chi connectivity index (χ1n) is 15.9. The number of unbranched alkanes of at least 4 members (excludes halogenated alkanes) is 1. The van der Waals surface area contributed by atoms with Crippen LogP contribution in [0.25, 0.3) is 0 Å². The summed E-state index contributed by atoms with van der Waals surface area (Å²) in [6.07, 6.45) is 0.711. The third kappa shape index (κ3) is 16.2. The highest BCUT2D eigenvalue weighted by atomic mass is 16.3. The number of guanidine groups is 1. The maximum absolute atomic E-state index is 13.5. The first-order valence-corrected chi connectivity index (χ1v) is 15.9. The number of carbonyl (C=O) groups is 5. The van der Waals surface area contributed by atoms with Gasteiger partial charge in [0.1, 0.15) is 24.2 Å². The van der Waals surface area contributed by atoms with Crippen molar-refractivity contribution >= 4 is 35.5 Å². The summed E-state index contributed by atoms with van der Waals surface area (Å²) in [5, 5.41) is 20.8. The van der Waals surface area contributed by atoms with Gasteiger partial charge in [0.05, 0.1) is 12.1 Å². The van der Waals surface area contributed by atoms with Crippen LogP contribution >= 0.6 is 0 Å². The Morgan fingerprint density at radius 1 is 0.766 bits per heavy atom. The van der Waals surface area contributed by atoms with Crippen LogP contribution in [-0.4, -0.2) is 90.0 Å². The number of aliphatic hydroxyl groups is 1. The molecule has 1 rings (SSSR count). The van der Waals surface area contributed by atoms with Crippen molar-refractivity contribution in [3.05, 3.63) is 35.9 Å². The van der Waals surface area contributed by atoms with Crippen LogP contribution in [-0.2, 0) is 30.4 Å². The third-order valence-electron chi connectivity index (χ3n) is 7.23. The Bertz CT molecular complexity index is 1180. The Balaban J connectivity index is 3.16. The normalized spacial score (nSPS) is 14.9. The lowest BCUT2D eigenvalue weighted by Crippen LogP contribution is -2.61. The number of aliphatic hydroxyl groups excluding tert-OH is 1. The molecule has 0 aliphatic rings. The number of nitrogens with two attached hydrogens (primary N) is 5.